The Morgan fingerprint density at radius 1 is 1.19 bits per heavy atom. The predicted octanol–water partition coefficient (Wildman–Crippen LogP) is 0.746. The molecule has 0 fully saturated rings. The lowest BCUT2D eigenvalue weighted by atomic mass is 9.88. The third-order valence-electron chi connectivity index (χ3n) is 2.63. The van der Waals surface area contributed by atoms with Gasteiger partial charge < -0.3 is 10.4 Å². The second-order valence-electron chi connectivity index (χ2n) is 3.91. The van der Waals surface area contributed by atoms with Gasteiger partial charge >= 0.3 is 5.97 Å². The van der Waals surface area contributed by atoms with Crippen molar-refractivity contribution >= 4 is 11.9 Å². The Morgan fingerprint density at radius 3 is 2.00 bits per heavy atom. The third kappa shape index (κ3) is 4.18. The van der Waals surface area contributed by atoms with Crippen LogP contribution in [0.3, 0.4) is 0 Å². The quantitative estimate of drug-likeness (QED) is 0.575. The van der Waals surface area contributed by atoms with Crippen molar-refractivity contribution in [2.45, 2.75) is 45.1 Å². The summed E-state index contributed by atoms with van der Waals surface area (Å²) in [5, 5.41) is 14.6. The van der Waals surface area contributed by atoms with Crippen LogP contribution in [0.25, 0.3) is 0 Å². The number of carbonyl (C=O) groups excluding carboxylic acids is 1. The van der Waals surface area contributed by atoms with Crippen LogP contribution in [-0.2, 0) is 9.59 Å². The van der Waals surface area contributed by atoms with Crippen molar-refractivity contribution in [3.05, 3.63) is 0 Å². The number of carboxylic acid groups (broad SMARTS) is 1. The smallest absolute Gasteiger partial charge is 0.323 e. The molecule has 0 bridgehead atoms. The van der Waals surface area contributed by atoms with Crippen LogP contribution in [0.2, 0.25) is 0 Å². The molecular formula is C11H22N2O3. The van der Waals surface area contributed by atoms with Gasteiger partial charge in [-0.3, -0.25) is 14.9 Å². The lowest BCUT2D eigenvalue weighted by Gasteiger charge is -2.29. The fourth-order valence-corrected chi connectivity index (χ4v) is 1.78. The Bertz CT molecular complexity index is 235. The number of amides is 1. The van der Waals surface area contributed by atoms with Gasteiger partial charge in [-0.15, -0.1) is 0 Å². The zero-order valence-electron chi connectivity index (χ0n) is 10.3. The van der Waals surface area contributed by atoms with Crippen molar-refractivity contribution in [2.75, 3.05) is 13.6 Å². The van der Waals surface area contributed by atoms with Crippen molar-refractivity contribution in [3.8, 4) is 0 Å². The molecule has 0 aromatic rings. The van der Waals surface area contributed by atoms with Crippen LogP contribution in [-0.4, -0.2) is 36.1 Å². The zero-order chi connectivity index (χ0) is 12.6. The number of hydrogen-bond donors (Lipinski definition) is 3. The van der Waals surface area contributed by atoms with Crippen molar-refractivity contribution < 1.29 is 14.7 Å². The zero-order valence-corrected chi connectivity index (χ0v) is 10.3. The molecule has 0 aromatic heterocycles. The van der Waals surface area contributed by atoms with Crippen molar-refractivity contribution in [2.24, 2.45) is 0 Å². The fourth-order valence-electron chi connectivity index (χ4n) is 1.78. The lowest BCUT2D eigenvalue weighted by molar-refractivity contribution is -0.145. The summed E-state index contributed by atoms with van der Waals surface area (Å²) in [4.78, 5) is 22.4. The number of nitrogens with one attached hydrogen (secondary N) is 2. The van der Waals surface area contributed by atoms with Gasteiger partial charge in [0, 0.05) is 7.05 Å². The van der Waals surface area contributed by atoms with Crippen LogP contribution in [0.15, 0.2) is 0 Å². The minimum Gasteiger partial charge on any atom is -0.480 e. The fraction of sp³-hybridized carbons (Fsp3) is 0.818. The largest absolute Gasteiger partial charge is 0.480 e. The van der Waals surface area contributed by atoms with E-state index in [-0.39, 0.29) is 12.5 Å². The molecule has 5 nitrogen and oxygen atoms in total. The lowest BCUT2D eigenvalue weighted by Crippen LogP contribution is -2.54. The Hall–Kier alpha value is -1.10. The van der Waals surface area contributed by atoms with Gasteiger partial charge in [0.2, 0.25) is 5.91 Å². The van der Waals surface area contributed by atoms with Gasteiger partial charge in [0.25, 0.3) is 0 Å². The highest BCUT2D eigenvalue weighted by atomic mass is 16.4. The monoisotopic (exact) mass is 230 g/mol. The van der Waals surface area contributed by atoms with Crippen LogP contribution in [0.1, 0.15) is 39.5 Å². The minimum atomic E-state index is -0.962. The molecule has 0 radical (unpaired) electrons. The average molecular weight is 230 g/mol. The molecule has 5 heteroatoms. The van der Waals surface area contributed by atoms with Gasteiger partial charge in [0.1, 0.15) is 5.54 Å². The molecule has 0 aromatic carbocycles. The Kier molecular flexibility index (Phi) is 6.72. The summed E-state index contributed by atoms with van der Waals surface area (Å²) < 4.78 is 0. The third-order valence-corrected chi connectivity index (χ3v) is 2.63. The van der Waals surface area contributed by atoms with E-state index in [9.17, 15) is 14.7 Å². The van der Waals surface area contributed by atoms with Crippen LogP contribution >= 0.6 is 0 Å². The second kappa shape index (κ2) is 7.22. The van der Waals surface area contributed by atoms with E-state index in [1.165, 1.54) is 7.05 Å². The molecule has 0 aliphatic rings. The molecular weight excluding hydrogens is 208 g/mol. The molecule has 0 rings (SSSR count). The molecule has 0 atom stereocenters. The molecule has 0 saturated heterocycles. The average Bonchev–Trinajstić information content (AvgIpc) is 2.25. The standard InChI is InChI=1S/C11H22N2O3/c1-4-6-11(7-5-2,10(15)16)13-8-9(14)12-3/h13H,4-8H2,1-3H3,(H,12,14)(H,15,16). The van der Waals surface area contributed by atoms with Crippen LogP contribution in [0, 0.1) is 0 Å². The number of carbonyl (C=O) groups is 2. The first-order valence-electron chi connectivity index (χ1n) is 5.71. The maximum atomic E-state index is 11.3. The molecule has 1 amide bonds. The van der Waals surface area contributed by atoms with E-state index >= 15 is 0 Å². The Balaban J connectivity index is 4.60. The van der Waals surface area contributed by atoms with Gasteiger partial charge in [-0.1, -0.05) is 26.7 Å². The molecule has 3 N–H and O–H groups in total. The molecule has 0 saturated carbocycles. The van der Waals surface area contributed by atoms with Gasteiger partial charge in [0.05, 0.1) is 6.54 Å². The summed E-state index contributed by atoms with van der Waals surface area (Å²) in [6.45, 7) is 3.92. The van der Waals surface area contributed by atoms with Gasteiger partial charge in [0.15, 0.2) is 0 Å². The molecule has 94 valence electrons. The minimum absolute atomic E-state index is 0.0444. The maximum absolute atomic E-state index is 11.3. The summed E-state index contributed by atoms with van der Waals surface area (Å²) in [7, 11) is 1.53. The van der Waals surface area contributed by atoms with E-state index in [2.05, 4.69) is 10.6 Å². The van der Waals surface area contributed by atoms with Gasteiger partial charge in [-0.2, -0.15) is 0 Å². The predicted molar refractivity (Wildman–Crippen MR) is 62.3 cm³/mol. The summed E-state index contributed by atoms with van der Waals surface area (Å²) in [6.07, 6.45) is 2.61. The molecule has 0 spiro atoms. The highest BCUT2D eigenvalue weighted by molar-refractivity contribution is 5.82. The highest BCUT2D eigenvalue weighted by Gasteiger charge is 2.36. The maximum Gasteiger partial charge on any atom is 0.323 e. The van der Waals surface area contributed by atoms with E-state index < -0.39 is 11.5 Å². The van der Waals surface area contributed by atoms with E-state index in [0.29, 0.717) is 12.8 Å². The molecule has 0 aliphatic heterocycles. The highest BCUT2D eigenvalue weighted by Crippen LogP contribution is 2.19. The van der Waals surface area contributed by atoms with Crippen molar-refractivity contribution in [1.82, 2.24) is 10.6 Å². The first-order valence-corrected chi connectivity index (χ1v) is 5.71. The van der Waals surface area contributed by atoms with E-state index in [1.807, 2.05) is 13.8 Å². The molecule has 16 heavy (non-hydrogen) atoms. The van der Waals surface area contributed by atoms with Gasteiger partial charge in [-0.05, 0) is 12.8 Å². The van der Waals surface area contributed by atoms with Crippen molar-refractivity contribution in [3.63, 3.8) is 0 Å². The van der Waals surface area contributed by atoms with E-state index in [4.69, 9.17) is 0 Å². The van der Waals surface area contributed by atoms with Gasteiger partial charge in [-0.25, -0.2) is 0 Å². The summed E-state index contributed by atoms with van der Waals surface area (Å²) in [5.41, 5.74) is -0.962. The number of carboxylic acids is 1. The normalized spacial score (nSPS) is 11.2. The first kappa shape index (κ1) is 14.9. The van der Waals surface area contributed by atoms with Crippen molar-refractivity contribution in [1.29, 1.82) is 0 Å². The van der Waals surface area contributed by atoms with Crippen LogP contribution in [0.4, 0.5) is 0 Å². The number of hydrogen-bond acceptors (Lipinski definition) is 3. The van der Waals surface area contributed by atoms with E-state index in [1.54, 1.807) is 0 Å². The van der Waals surface area contributed by atoms with Crippen LogP contribution < -0.4 is 10.6 Å². The molecule has 0 unspecified atom stereocenters. The second-order valence-corrected chi connectivity index (χ2v) is 3.91. The molecule has 0 aliphatic carbocycles. The first-order chi connectivity index (χ1) is 7.52. The number of aliphatic carboxylic acids is 1. The SMILES string of the molecule is CCCC(CCC)(NCC(=O)NC)C(=O)O. The summed E-state index contributed by atoms with van der Waals surface area (Å²) >= 11 is 0. The van der Waals surface area contributed by atoms with Crippen LogP contribution in [0.5, 0.6) is 0 Å². The Labute approximate surface area is 96.6 Å². The summed E-state index contributed by atoms with van der Waals surface area (Å²) in [6, 6.07) is 0. The number of likely N-dealkylation sites (N-methyl/N-ethyl adjacent to an activating group) is 1. The Morgan fingerprint density at radius 2 is 1.69 bits per heavy atom. The summed E-state index contributed by atoms with van der Waals surface area (Å²) in [5.74, 6) is -1.07. The number of rotatable bonds is 8. The topological polar surface area (TPSA) is 78.4 Å². The molecule has 0 heterocycles. The van der Waals surface area contributed by atoms with E-state index in [0.717, 1.165) is 12.8 Å².